The van der Waals surface area contributed by atoms with Crippen LogP contribution in [0.4, 0.5) is 8.78 Å². The molecule has 1 fully saturated rings. The van der Waals surface area contributed by atoms with E-state index in [1.165, 1.54) is 12.1 Å². The van der Waals surface area contributed by atoms with Crippen molar-refractivity contribution in [1.82, 2.24) is 10.6 Å². The third kappa shape index (κ3) is 3.91. The summed E-state index contributed by atoms with van der Waals surface area (Å²) in [4.78, 5) is 4.11. The first kappa shape index (κ1) is 13.8. The van der Waals surface area contributed by atoms with E-state index in [0.717, 1.165) is 18.4 Å². The third-order valence-electron chi connectivity index (χ3n) is 3.36. The summed E-state index contributed by atoms with van der Waals surface area (Å²) in [6.45, 7) is 2.74. The first-order valence-corrected chi connectivity index (χ1v) is 6.51. The van der Waals surface area contributed by atoms with Gasteiger partial charge >= 0.3 is 0 Å². The van der Waals surface area contributed by atoms with Crippen LogP contribution in [0.1, 0.15) is 18.9 Å². The van der Waals surface area contributed by atoms with Crippen molar-refractivity contribution in [2.75, 3.05) is 13.6 Å². The molecule has 2 N–H and O–H groups in total. The lowest BCUT2D eigenvalue weighted by Gasteiger charge is -2.11. The van der Waals surface area contributed by atoms with Crippen molar-refractivity contribution in [2.45, 2.75) is 25.8 Å². The molecule has 0 bridgehead atoms. The van der Waals surface area contributed by atoms with Crippen LogP contribution in [0.3, 0.4) is 0 Å². The minimum absolute atomic E-state index is 0.493. The van der Waals surface area contributed by atoms with Crippen LogP contribution < -0.4 is 10.6 Å². The highest BCUT2D eigenvalue weighted by atomic mass is 19.1. The molecular weight excluding hydrogens is 248 g/mol. The van der Waals surface area contributed by atoms with Gasteiger partial charge in [0.25, 0.3) is 0 Å². The Morgan fingerprint density at radius 2 is 2.16 bits per heavy atom. The third-order valence-corrected chi connectivity index (χ3v) is 3.36. The fraction of sp³-hybridized carbons (Fsp3) is 0.500. The van der Waals surface area contributed by atoms with Gasteiger partial charge in [-0.1, -0.05) is 13.0 Å². The van der Waals surface area contributed by atoms with Crippen LogP contribution in [0.2, 0.25) is 0 Å². The number of rotatable bonds is 4. The molecule has 1 aromatic carbocycles. The van der Waals surface area contributed by atoms with Gasteiger partial charge in [0.05, 0.1) is 0 Å². The first-order valence-electron chi connectivity index (χ1n) is 6.51. The minimum atomic E-state index is -0.547. The van der Waals surface area contributed by atoms with Crippen LogP contribution in [0, 0.1) is 17.6 Å². The topological polar surface area (TPSA) is 36.4 Å². The summed E-state index contributed by atoms with van der Waals surface area (Å²) in [5.41, 5.74) is 0.504. The maximum absolute atomic E-state index is 13.4. The maximum Gasteiger partial charge on any atom is 0.191 e. The van der Waals surface area contributed by atoms with Crippen molar-refractivity contribution in [3.63, 3.8) is 0 Å². The molecule has 1 saturated carbocycles. The first-order chi connectivity index (χ1) is 9.10. The van der Waals surface area contributed by atoms with Crippen LogP contribution in [0.15, 0.2) is 23.2 Å². The molecule has 0 amide bonds. The fourth-order valence-electron chi connectivity index (χ4n) is 1.93. The van der Waals surface area contributed by atoms with Crippen molar-refractivity contribution >= 4 is 5.96 Å². The number of hydrogen-bond acceptors (Lipinski definition) is 1. The monoisotopic (exact) mass is 267 g/mol. The lowest BCUT2D eigenvalue weighted by atomic mass is 10.1. The highest BCUT2D eigenvalue weighted by Crippen LogP contribution is 2.28. The molecular formula is C14H19F2N3. The molecule has 0 aromatic heterocycles. The largest absolute Gasteiger partial charge is 0.356 e. The Morgan fingerprint density at radius 1 is 1.42 bits per heavy atom. The molecule has 0 aliphatic heterocycles. The summed E-state index contributed by atoms with van der Waals surface area (Å²) in [6.07, 6.45) is 1.65. The van der Waals surface area contributed by atoms with Crippen molar-refractivity contribution in [1.29, 1.82) is 0 Å². The summed E-state index contributed by atoms with van der Waals surface area (Å²) < 4.78 is 26.2. The normalized spacial score (nSPS) is 22.2. The SMILES string of the molecule is CN=C(NCCc1ccc(F)cc1F)NC1CC1C. The van der Waals surface area contributed by atoms with E-state index >= 15 is 0 Å². The molecule has 1 aliphatic carbocycles. The Morgan fingerprint density at radius 3 is 2.74 bits per heavy atom. The zero-order chi connectivity index (χ0) is 13.8. The molecule has 0 spiro atoms. The number of halogens is 2. The van der Waals surface area contributed by atoms with E-state index in [1.54, 1.807) is 7.05 Å². The quantitative estimate of drug-likeness (QED) is 0.647. The zero-order valence-electron chi connectivity index (χ0n) is 11.2. The van der Waals surface area contributed by atoms with Crippen LogP contribution >= 0.6 is 0 Å². The van der Waals surface area contributed by atoms with Gasteiger partial charge in [-0.15, -0.1) is 0 Å². The van der Waals surface area contributed by atoms with Gasteiger partial charge in [-0.05, 0) is 30.4 Å². The molecule has 3 nitrogen and oxygen atoms in total. The van der Waals surface area contributed by atoms with Crippen LogP contribution in [0.5, 0.6) is 0 Å². The van der Waals surface area contributed by atoms with Crippen molar-refractivity contribution in [3.05, 3.63) is 35.4 Å². The maximum atomic E-state index is 13.4. The lowest BCUT2D eigenvalue weighted by Crippen LogP contribution is -2.40. The molecule has 0 radical (unpaired) electrons. The number of aliphatic imine (C=N–C) groups is 1. The Bertz CT molecular complexity index is 474. The smallest absolute Gasteiger partial charge is 0.191 e. The fourth-order valence-corrected chi connectivity index (χ4v) is 1.93. The van der Waals surface area contributed by atoms with E-state index in [1.807, 2.05) is 0 Å². The average Bonchev–Trinajstić information content (AvgIpc) is 3.06. The predicted octanol–water partition coefficient (Wildman–Crippen LogP) is 2.08. The van der Waals surface area contributed by atoms with Gasteiger partial charge in [0.15, 0.2) is 5.96 Å². The summed E-state index contributed by atoms with van der Waals surface area (Å²) in [5, 5.41) is 6.42. The van der Waals surface area contributed by atoms with E-state index in [0.29, 0.717) is 30.5 Å². The summed E-state index contributed by atoms with van der Waals surface area (Å²) >= 11 is 0. The minimum Gasteiger partial charge on any atom is -0.356 e. The molecule has 0 heterocycles. The summed E-state index contributed by atoms with van der Waals surface area (Å²) in [6, 6.07) is 4.16. The van der Waals surface area contributed by atoms with Crippen molar-refractivity contribution < 1.29 is 8.78 Å². The van der Waals surface area contributed by atoms with E-state index in [2.05, 4.69) is 22.5 Å². The van der Waals surface area contributed by atoms with Gasteiger partial charge < -0.3 is 10.6 Å². The number of hydrogen-bond donors (Lipinski definition) is 2. The predicted molar refractivity (Wildman–Crippen MR) is 72.1 cm³/mol. The molecule has 2 rings (SSSR count). The molecule has 1 aromatic rings. The Kier molecular flexibility index (Phi) is 4.35. The van der Waals surface area contributed by atoms with Crippen molar-refractivity contribution in [2.24, 2.45) is 10.9 Å². The zero-order valence-corrected chi connectivity index (χ0v) is 11.2. The molecule has 5 heteroatoms. The second-order valence-electron chi connectivity index (χ2n) is 4.95. The highest BCUT2D eigenvalue weighted by Gasteiger charge is 2.33. The number of guanidine groups is 1. The van der Waals surface area contributed by atoms with Crippen molar-refractivity contribution in [3.8, 4) is 0 Å². The number of nitrogens with zero attached hydrogens (tertiary/aromatic N) is 1. The second kappa shape index (κ2) is 5.99. The molecule has 104 valence electrons. The Balaban J connectivity index is 1.78. The number of benzene rings is 1. The average molecular weight is 267 g/mol. The van der Waals surface area contributed by atoms with Gasteiger partial charge in [-0.2, -0.15) is 0 Å². The summed E-state index contributed by atoms with van der Waals surface area (Å²) in [5.74, 6) is 0.375. The Labute approximate surface area is 112 Å². The second-order valence-corrected chi connectivity index (χ2v) is 4.95. The lowest BCUT2D eigenvalue weighted by molar-refractivity contribution is 0.570. The molecule has 2 unspecified atom stereocenters. The van der Waals surface area contributed by atoms with Gasteiger partial charge in [0.2, 0.25) is 0 Å². The standard InChI is InChI=1S/C14H19F2N3/c1-9-7-13(9)19-14(17-2)18-6-5-10-3-4-11(15)8-12(10)16/h3-4,8-9,13H,5-7H2,1-2H3,(H2,17,18,19). The summed E-state index contributed by atoms with van der Waals surface area (Å²) in [7, 11) is 1.71. The van der Waals surface area contributed by atoms with E-state index < -0.39 is 11.6 Å². The van der Waals surface area contributed by atoms with Gasteiger partial charge in [0, 0.05) is 25.7 Å². The molecule has 0 saturated heterocycles. The molecule has 1 aliphatic rings. The Hall–Kier alpha value is -1.65. The van der Waals surface area contributed by atoms with Crippen LogP contribution in [0.25, 0.3) is 0 Å². The highest BCUT2D eigenvalue weighted by molar-refractivity contribution is 5.80. The molecule has 2 atom stereocenters. The van der Waals surface area contributed by atoms with Gasteiger partial charge in [0.1, 0.15) is 11.6 Å². The van der Waals surface area contributed by atoms with Crippen LogP contribution in [-0.4, -0.2) is 25.6 Å². The van der Waals surface area contributed by atoms with E-state index in [-0.39, 0.29) is 0 Å². The van der Waals surface area contributed by atoms with E-state index in [9.17, 15) is 8.78 Å². The number of nitrogens with one attached hydrogen (secondary N) is 2. The molecule has 19 heavy (non-hydrogen) atoms. The van der Waals surface area contributed by atoms with Gasteiger partial charge in [-0.25, -0.2) is 8.78 Å². The van der Waals surface area contributed by atoms with Crippen LogP contribution in [-0.2, 0) is 6.42 Å². The van der Waals surface area contributed by atoms with E-state index in [4.69, 9.17) is 0 Å². The van der Waals surface area contributed by atoms with Gasteiger partial charge in [-0.3, -0.25) is 4.99 Å².